The van der Waals surface area contributed by atoms with Crippen molar-refractivity contribution in [2.24, 2.45) is 12.5 Å². The smallest absolute Gasteiger partial charge is 0.131 e. The highest BCUT2D eigenvalue weighted by Crippen LogP contribution is 2.34. The normalized spacial score (nSPS) is 22.3. The summed E-state index contributed by atoms with van der Waals surface area (Å²) >= 11 is 0. The van der Waals surface area contributed by atoms with Gasteiger partial charge in [0.25, 0.3) is 0 Å². The van der Waals surface area contributed by atoms with Crippen molar-refractivity contribution in [1.29, 1.82) is 0 Å². The third kappa shape index (κ3) is 2.85. The highest BCUT2D eigenvalue weighted by Gasteiger charge is 2.30. The Hall–Kier alpha value is -1.03. The summed E-state index contributed by atoms with van der Waals surface area (Å²) in [5.41, 5.74) is 2.99. The molecule has 1 aromatic heterocycles. The maximum Gasteiger partial charge on any atom is 0.131 e. The molecule has 2 fully saturated rings. The minimum absolute atomic E-state index is 0.414. The molecular formula is C16H28N4. The maximum absolute atomic E-state index is 4.67. The van der Waals surface area contributed by atoms with Crippen molar-refractivity contribution in [3.63, 3.8) is 0 Å². The second kappa shape index (κ2) is 5.06. The lowest BCUT2D eigenvalue weighted by Gasteiger charge is -2.39. The molecule has 1 aliphatic heterocycles. The fourth-order valence-corrected chi connectivity index (χ4v) is 3.43. The van der Waals surface area contributed by atoms with Crippen molar-refractivity contribution in [1.82, 2.24) is 15.1 Å². The maximum atomic E-state index is 4.67. The standard InChI is InChI=1S/C16H28N4/c1-12-14(10-17-13-6-7-13)15(19(4)18-12)20-9-5-8-16(2,3)11-20/h13,17H,5-11H2,1-4H3. The van der Waals surface area contributed by atoms with Crippen molar-refractivity contribution in [3.05, 3.63) is 11.3 Å². The SMILES string of the molecule is Cc1nn(C)c(N2CCCC(C)(C)C2)c1CNC1CC1. The molecule has 4 heteroatoms. The zero-order valence-corrected chi connectivity index (χ0v) is 13.4. The molecule has 4 nitrogen and oxygen atoms in total. The highest BCUT2D eigenvalue weighted by atomic mass is 15.4. The van der Waals surface area contributed by atoms with E-state index in [1.54, 1.807) is 0 Å². The van der Waals surface area contributed by atoms with Crippen molar-refractivity contribution in [2.75, 3.05) is 18.0 Å². The van der Waals surface area contributed by atoms with Gasteiger partial charge in [-0.3, -0.25) is 4.68 Å². The molecule has 20 heavy (non-hydrogen) atoms. The van der Waals surface area contributed by atoms with E-state index in [-0.39, 0.29) is 0 Å². The van der Waals surface area contributed by atoms with Crippen LogP contribution in [0.15, 0.2) is 0 Å². The summed E-state index contributed by atoms with van der Waals surface area (Å²) in [6.07, 6.45) is 5.29. The van der Waals surface area contributed by atoms with E-state index in [4.69, 9.17) is 0 Å². The summed E-state index contributed by atoms with van der Waals surface area (Å²) in [5, 5.41) is 8.31. The third-order valence-corrected chi connectivity index (χ3v) is 4.66. The van der Waals surface area contributed by atoms with Crippen LogP contribution in [0.4, 0.5) is 5.82 Å². The van der Waals surface area contributed by atoms with Gasteiger partial charge in [-0.1, -0.05) is 13.8 Å². The summed E-state index contributed by atoms with van der Waals surface area (Å²) in [4.78, 5) is 2.55. The van der Waals surface area contributed by atoms with Gasteiger partial charge in [0, 0.05) is 38.3 Å². The second-order valence-electron chi connectivity index (χ2n) is 7.36. The van der Waals surface area contributed by atoms with Crippen LogP contribution in [0.5, 0.6) is 0 Å². The van der Waals surface area contributed by atoms with Gasteiger partial charge in [0.2, 0.25) is 0 Å². The molecule has 1 saturated heterocycles. The molecule has 0 aromatic carbocycles. The Kier molecular flexibility index (Phi) is 3.53. The largest absolute Gasteiger partial charge is 0.356 e. The molecule has 0 amide bonds. The lowest BCUT2D eigenvalue weighted by Crippen LogP contribution is -2.41. The van der Waals surface area contributed by atoms with Crippen LogP contribution in [0.25, 0.3) is 0 Å². The molecule has 1 N–H and O–H groups in total. The summed E-state index contributed by atoms with van der Waals surface area (Å²) < 4.78 is 2.08. The van der Waals surface area contributed by atoms with Gasteiger partial charge in [0.1, 0.15) is 5.82 Å². The van der Waals surface area contributed by atoms with E-state index in [0.717, 1.165) is 19.1 Å². The van der Waals surface area contributed by atoms with Crippen LogP contribution in [0.2, 0.25) is 0 Å². The Morgan fingerprint density at radius 2 is 2.10 bits per heavy atom. The topological polar surface area (TPSA) is 33.1 Å². The van der Waals surface area contributed by atoms with E-state index in [9.17, 15) is 0 Å². The van der Waals surface area contributed by atoms with Crippen LogP contribution in [0.3, 0.4) is 0 Å². The van der Waals surface area contributed by atoms with Crippen molar-refractivity contribution < 1.29 is 0 Å². The van der Waals surface area contributed by atoms with Crippen LogP contribution in [-0.2, 0) is 13.6 Å². The lowest BCUT2D eigenvalue weighted by molar-refractivity contribution is 0.290. The predicted molar refractivity (Wildman–Crippen MR) is 83.0 cm³/mol. The van der Waals surface area contributed by atoms with Crippen LogP contribution in [0.1, 0.15) is 50.8 Å². The number of hydrogen-bond acceptors (Lipinski definition) is 3. The molecule has 2 heterocycles. The Labute approximate surface area is 122 Å². The molecule has 1 saturated carbocycles. The van der Waals surface area contributed by atoms with E-state index in [1.807, 2.05) is 0 Å². The molecule has 0 atom stereocenters. The summed E-state index contributed by atoms with van der Waals surface area (Å²) in [7, 11) is 2.09. The number of aryl methyl sites for hydroxylation is 2. The van der Waals surface area contributed by atoms with Crippen LogP contribution in [-0.4, -0.2) is 28.9 Å². The molecule has 0 bridgehead atoms. The molecule has 1 aromatic rings. The number of piperidine rings is 1. The Morgan fingerprint density at radius 1 is 1.35 bits per heavy atom. The van der Waals surface area contributed by atoms with Crippen LogP contribution in [0, 0.1) is 12.3 Å². The van der Waals surface area contributed by atoms with Gasteiger partial charge < -0.3 is 10.2 Å². The molecule has 0 spiro atoms. The zero-order chi connectivity index (χ0) is 14.3. The van der Waals surface area contributed by atoms with Gasteiger partial charge in [-0.15, -0.1) is 0 Å². The first-order chi connectivity index (χ1) is 9.46. The van der Waals surface area contributed by atoms with Gasteiger partial charge in [-0.25, -0.2) is 0 Å². The fourth-order valence-electron chi connectivity index (χ4n) is 3.43. The zero-order valence-electron chi connectivity index (χ0n) is 13.4. The van der Waals surface area contributed by atoms with E-state index in [2.05, 4.69) is 47.8 Å². The number of hydrogen-bond donors (Lipinski definition) is 1. The van der Waals surface area contributed by atoms with E-state index in [1.165, 1.54) is 49.3 Å². The molecular weight excluding hydrogens is 248 g/mol. The first-order valence-electron chi connectivity index (χ1n) is 7.97. The van der Waals surface area contributed by atoms with E-state index < -0.39 is 0 Å². The summed E-state index contributed by atoms with van der Waals surface area (Å²) in [6.45, 7) is 10.2. The van der Waals surface area contributed by atoms with Crippen molar-refractivity contribution in [3.8, 4) is 0 Å². The Bertz CT molecular complexity index is 485. The van der Waals surface area contributed by atoms with Gasteiger partial charge in [-0.2, -0.15) is 5.10 Å². The molecule has 1 aliphatic carbocycles. The Morgan fingerprint density at radius 3 is 2.75 bits per heavy atom. The number of anilines is 1. The monoisotopic (exact) mass is 276 g/mol. The van der Waals surface area contributed by atoms with Crippen LogP contribution >= 0.6 is 0 Å². The third-order valence-electron chi connectivity index (χ3n) is 4.66. The van der Waals surface area contributed by atoms with Gasteiger partial charge in [-0.05, 0) is 38.0 Å². The number of nitrogens with one attached hydrogen (secondary N) is 1. The molecule has 0 radical (unpaired) electrons. The average molecular weight is 276 g/mol. The second-order valence-corrected chi connectivity index (χ2v) is 7.36. The van der Waals surface area contributed by atoms with E-state index in [0.29, 0.717) is 5.41 Å². The van der Waals surface area contributed by atoms with E-state index >= 15 is 0 Å². The minimum atomic E-state index is 0.414. The highest BCUT2D eigenvalue weighted by molar-refractivity contribution is 5.50. The predicted octanol–water partition coefficient (Wildman–Crippen LogP) is 2.61. The molecule has 0 unspecified atom stereocenters. The van der Waals surface area contributed by atoms with Crippen molar-refractivity contribution in [2.45, 2.75) is 59.0 Å². The van der Waals surface area contributed by atoms with Crippen molar-refractivity contribution >= 4 is 5.82 Å². The molecule has 112 valence electrons. The number of rotatable bonds is 4. The summed E-state index contributed by atoms with van der Waals surface area (Å²) in [6, 6.07) is 0.750. The Balaban J connectivity index is 1.82. The summed E-state index contributed by atoms with van der Waals surface area (Å²) in [5.74, 6) is 1.34. The number of aromatic nitrogens is 2. The first-order valence-corrected chi connectivity index (χ1v) is 7.97. The van der Waals surface area contributed by atoms with Gasteiger partial charge in [0.15, 0.2) is 0 Å². The van der Waals surface area contributed by atoms with Gasteiger partial charge in [0.05, 0.1) is 5.69 Å². The quantitative estimate of drug-likeness (QED) is 0.917. The van der Waals surface area contributed by atoms with Crippen LogP contribution < -0.4 is 10.2 Å². The van der Waals surface area contributed by atoms with Gasteiger partial charge >= 0.3 is 0 Å². The molecule has 3 rings (SSSR count). The lowest BCUT2D eigenvalue weighted by atomic mass is 9.84. The average Bonchev–Trinajstić information content (AvgIpc) is 3.12. The molecule has 2 aliphatic rings. The fraction of sp³-hybridized carbons (Fsp3) is 0.812. The number of nitrogens with zero attached hydrogens (tertiary/aromatic N) is 3. The minimum Gasteiger partial charge on any atom is -0.356 e. The first kappa shape index (κ1) is 13.9.